The molecule has 0 saturated heterocycles. The maximum atomic E-state index is 5.93. The summed E-state index contributed by atoms with van der Waals surface area (Å²) in [7, 11) is 0. The van der Waals surface area contributed by atoms with E-state index in [-0.39, 0.29) is 6.04 Å². The predicted octanol–water partition coefficient (Wildman–Crippen LogP) is 2.19. The highest BCUT2D eigenvalue weighted by Gasteiger charge is 2.21. The first-order valence-corrected chi connectivity index (χ1v) is 6.51. The van der Waals surface area contributed by atoms with Gasteiger partial charge in [0.2, 0.25) is 0 Å². The number of aromatic nitrogens is 2. The van der Waals surface area contributed by atoms with E-state index in [2.05, 4.69) is 50.8 Å². The number of nitrogens with zero attached hydrogens (tertiary/aromatic N) is 3. The maximum absolute atomic E-state index is 5.93. The van der Waals surface area contributed by atoms with Crippen LogP contribution in [0.1, 0.15) is 52.3 Å². The number of nitrogens with two attached hydrogens (primary N) is 1. The van der Waals surface area contributed by atoms with Gasteiger partial charge in [0.25, 0.3) is 0 Å². The summed E-state index contributed by atoms with van der Waals surface area (Å²) in [5.41, 5.74) is 7.14. The van der Waals surface area contributed by atoms with E-state index in [1.54, 1.807) is 0 Å². The molecule has 0 aliphatic heterocycles. The van der Waals surface area contributed by atoms with E-state index in [0.29, 0.717) is 18.6 Å². The van der Waals surface area contributed by atoms with Gasteiger partial charge in [0.15, 0.2) is 0 Å². The van der Waals surface area contributed by atoms with Gasteiger partial charge >= 0.3 is 0 Å². The van der Waals surface area contributed by atoms with Crippen molar-refractivity contribution in [1.29, 1.82) is 0 Å². The summed E-state index contributed by atoms with van der Waals surface area (Å²) in [5, 5.41) is 4.40. The van der Waals surface area contributed by atoms with E-state index in [1.807, 2.05) is 10.9 Å². The largest absolute Gasteiger partial charge is 0.329 e. The Morgan fingerprint density at radius 1 is 1.35 bits per heavy atom. The highest BCUT2D eigenvalue weighted by atomic mass is 15.3. The molecule has 0 amide bonds. The average molecular weight is 238 g/mol. The zero-order valence-corrected chi connectivity index (χ0v) is 11.7. The first-order valence-electron chi connectivity index (χ1n) is 6.51. The summed E-state index contributed by atoms with van der Waals surface area (Å²) >= 11 is 0. The second-order valence-electron chi connectivity index (χ2n) is 5.02. The van der Waals surface area contributed by atoms with Gasteiger partial charge in [-0.25, -0.2) is 0 Å². The Balaban J connectivity index is 2.92. The molecule has 0 spiro atoms. The van der Waals surface area contributed by atoms with Gasteiger partial charge in [0, 0.05) is 30.4 Å². The topological polar surface area (TPSA) is 47.1 Å². The van der Waals surface area contributed by atoms with Crippen molar-refractivity contribution in [1.82, 2.24) is 14.7 Å². The van der Waals surface area contributed by atoms with Gasteiger partial charge in [-0.15, -0.1) is 0 Å². The van der Waals surface area contributed by atoms with Crippen LogP contribution >= 0.6 is 0 Å². The summed E-state index contributed by atoms with van der Waals surface area (Å²) < 4.78 is 1.99. The van der Waals surface area contributed by atoms with Crippen LogP contribution in [-0.4, -0.2) is 33.8 Å². The molecule has 0 aliphatic rings. The number of rotatable bonds is 6. The van der Waals surface area contributed by atoms with Crippen LogP contribution in [0.4, 0.5) is 0 Å². The molecular formula is C13H26N4. The summed E-state index contributed by atoms with van der Waals surface area (Å²) in [6.45, 7) is 12.5. The second kappa shape index (κ2) is 6.17. The molecule has 0 aromatic carbocycles. The molecule has 98 valence electrons. The minimum atomic E-state index is 0.271. The standard InChI is InChI=1S/C13H26N4/c1-6-16(10(2)3)13(7-14)12-8-15-17(9-12)11(4)5/h8-11,13H,6-7,14H2,1-5H3. The minimum absolute atomic E-state index is 0.271. The molecule has 0 fully saturated rings. The lowest BCUT2D eigenvalue weighted by atomic mass is 10.1. The molecule has 17 heavy (non-hydrogen) atoms. The highest BCUT2D eigenvalue weighted by molar-refractivity contribution is 5.12. The lowest BCUT2D eigenvalue weighted by molar-refractivity contribution is 0.166. The van der Waals surface area contributed by atoms with E-state index in [1.165, 1.54) is 5.56 Å². The van der Waals surface area contributed by atoms with Crippen molar-refractivity contribution in [3.05, 3.63) is 18.0 Å². The molecule has 0 bridgehead atoms. The van der Waals surface area contributed by atoms with Crippen molar-refractivity contribution in [2.24, 2.45) is 5.73 Å². The van der Waals surface area contributed by atoms with Gasteiger partial charge in [-0.1, -0.05) is 6.92 Å². The SMILES string of the molecule is CCN(C(C)C)C(CN)c1cnn(C(C)C)c1. The van der Waals surface area contributed by atoms with Gasteiger partial charge in [0.1, 0.15) is 0 Å². The van der Waals surface area contributed by atoms with Crippen molar-refractivity contribution in [3.8, 4) is 0 Å². The number of hydrogen-bond acceptors (Lipinski definition) is 3. The zero-order chi connectivity index (χ0) is 13.0. The van der Waals surface area contributed by atoms with Gasteiger partial charge in [-0.2, -0.15) is 5.10 Å². The van der Waals surface area contributed by atoms with Crippen molar-refractivity contribution < 1.29 is 0 Å². The van der Waals surface area contributed by atoms with Crippen LogP contribution in [0.2, 0.25) is 0 Å². The normalized spacial score (nSPS) is 13.9. The van der Waals surface area contributed by atoms with E-state index < -0.39 is 0 Å². The van der Waals surface area contributed by atoms with Crippen LogP contribution in [-0.2, 0) is 0 Å². The van der Waals surface area contributed by atoms with Crippen molar-refractivity contribution in [3.63, 3.8) is 0 Å². The lowest BCUT2D eigenvalue weighted by Gasteiger charge is -2.32. The summed E-state index contributed by atoms with van der Waals surface area (Å²) in [5.74, 6) is 0. The molecule has 2 N–H and O–H groups in total. The van der Waals surface area contributed by atoms with Gasteiger partial charge in [0.05, 0.1) is 12.2 Å². The van der Waals surface area contributed by atoms with Gasteiger partial charge in [-0.3, -0.25) is 9.58 Å². The van der Waals surface area contributed by atoms with E-state index in [4.69, 9.17) is 5.73 Å². The lowest BCUT2D eigenvalue weighted by Crippen LogP contribution is -2.38. The second-order valence-corrected chi connectivity index (χ2v) is 5.02. The molecule has 0 saturated carbocycles. The quantitative estimate of drug-likeness (QED) is 0.826. The Hall–Kier alpha value is -0.870. The Morgan fingerprint density at radius 3 is 2.35 bits per heavy atom. The predicted molar refractivity (Wildman–Crippen MR) is 71.9 cm³/mol. The smallest absolute Gasteiger partial charge is 0.0538 e. The molecule has 1 heterocycles. The average Bonchev–Trinajstić information content (AvgIpc) is 2.74. The molecule has 0 radical (unpaired) electrons. The van der Waals surface area contributed by atoms with Crippen LogP contribution in [0, 0.1) is 0 Å². The van der Waals surface area contributed by atoms with Crippen LogP contribution in [0.25, 0.3) is 0 Å². The third kappa shape index (κ3) is 3.30. The molecule has 4 nitrogen and oxygen atoms in total. The summed E-state index contributed by atoms with van der Waals surface area (Å²) in [6.07, 6.45) is 4.07. The van der Waals surface area contributed by atoms with E-state index in [0.717, 1.165) is 6.54 Å². The van der Waals surface area contributed by atoms with E-state index in [9.17, 15) is 0 Å². The molecule has 1 unspecified atom stereocenters. The van der Waals surface area contributed by atoms with Gasteiger partial charge in [-0.05, 0) is 34.2 Å². The Kier molecular flexibility index (Phi) is 5.15. The highest BCUT2D eigenvalue weighted by Crippen LogP contribution is 2.22. The third-order valence-electron chi connectivity index (χ3n) is 3.19. The van der Waals surface area contributed by atoms with Crippen LogP contribution in [0.15, 0.2) is 12.4 Å². The molecular weight excluding hydrogens is 212 g/mol. The Morgan fingerprint density at radius 2 is 2.00 bits per heavy atom. The first kappa shape index (κ1) is 14.2. The molecule has 1 rings (SSSR count). The Bertz CT molecular complexity index is 330. The number of likely N-dealkylation sites (N-methyl/N-ethyl adjacent to an activating group) is 1. The van der Waals surface area contributed by atoms with Crippen molar-refractivity contribution >= 4 is 0 Å². The zero-order valence-electron chi connectivity index (χ0n) is 11.7. The van der Waals surface area contributed by atoms with Crippen LogP contribution in [0.5, 0.6) is 0 Å². The fourth-order valence-electron chi connectivity index (χ4n) is 2.22. The molecule has 1 atom stereocenters. The Labute approximate surface area is 105 Å². The fraction of sp³-hybridized carbons (Fsp3) is 0.769. The molecule has 0 aliphatic carbocycles. The van der Waals surface area contributed by atoms with Crippen LogP contribution < -0.4 is 5.73 Å². The van der Waals surface area contributed by atoms with Crippen molar-refractivity contribution in [2.75, 3.05) is 13.1 Å². The molecule has 4 heteroatoms. The summed E-state index contributed by atoms with van der Waals surface area (Å²) in [6, 6.07) is 1.17. The van der Waals surface area contributed by atoms with Crippen LogP contribution in [0.3, 0.4) is 0 Å². The molecule has 1 aromatic rings. The summed E-state index contributed by atoms with van der Waals surface area (Å²) in [4.78, 5) is 2.40. The first-order chi connectivity index (χ1) is 8.01. The minimum Gasteiger partial charge on any atom is -0.329 e. The fourth-order valence-corrected chi connectivity index (χ4v) is 2.22. The number of hydrogen-bond donors (Lipinski definition) is 1. The van der Waals surface area contributed by atoms with Gasteiger partial charge < -0.3 is 5.73 Å². The molecule has 1 aromatic heterocycles. The third-order valence-corrected chi connectivity index (χ3v) is 3.19. The van der Waals surface area contributed by atoms with Crippen molar-refractivity contribution in [2.45, 2.75) is 52.7 Å². The monoisotopic (exact) mass is 238 g/mol. The maximum Gasteiger partial charge on any atom is 0.0538 e. The van der Waals surface area contributed by atoms with E-state index >= 15 is 0 Å².